The van der Waals surface area contributed by atoms with Crippen LogP contribution in [-0.2, 0) is 4.79 Å². The largest absolute Gasteiger partial charge is 0.496 e. The zero-order chi connectivity index (χ0) is 13.9. The molecular weight excluding hydrogens is 252 g/mol. The van der Waals surface area contributed by atoms with Crippen molar-refractivity contribution in [1.82, 2.24) is 0 Å². The van der Waals surface area contributed by atoms with Gasteiger partial charge in [-0.05, 0) is 36.1 Å². The first-order valence-corrected chi connectivity index (χ1v) is 6.30. The van der Waals surface area contributed by atoms with Crippen LogP contribution in [0.3, 0.4) is 0 Å². The number of carboxylic acids is 1. The van der Waals surface area contributed by atoms with Crippen LogP contribution in [0.15, 0.2) is 12.1 Å². The van der Waals surface area contributed by atoms with Gasteiger partial charge in [0, 0.05) is 10.9 Å². The molecule has 1 unspecified atom stereocenters. The van der Waals surface area contributed by atoms with E-state index >= 15 is 0 Å². The van der Waals surface area contributed by atoms with Gasteiger partial charge in [-0.3, -0.25) is 4.79 Å². The van der Waals surface area contributed by atoms with Crippen molar-refractivity contribution in [2.24, 2.45) is 5.92 Å². The monoisotopic (exact) mass is 270 g/mol. The molecule has 0 heterocycles. The van der Waals surface area contributed by atoms with Crippen LogP contribution >= 0.6 is 11.6 Å². The van der Waals surface area contributed by atoms with Crippen LogP contribution in [0.2, 0.25) is 5.02 Å². The summed E-state index contributed by atoms with van der Waals surface area (Å²) in [6.07, 6.45) is 0.0772. The van der Waals surface area contributed by atoms with E-state index in [-0.39, 0.29) is 18.3 Å². The number of rotatable bonds is 5. The van der Waals surface area contributed by atoms with E-state index in [0.29, 0.717) is 5.02 Å². The maximum Gasteiger partial charge on any atom is 0.303 e. The molecule has 4 heteroatoms. The van der Waals surface area contributed by atoms with Gasteiger partial charge in [-0.15, -0.1) is 0 Å². The molecule has 1 rings (SSSR count). The molecule has 0 fully saturated rings. The highest BCUT2D eigenvalue weighted by Crippen LogP contribution is 2.38. The maximum absolute atomic E-state index is 11.0. The average molecular weight is 271 g/mol. The molecule has 1 atom stereocenters. The van der Waals surface area contributed by atoms with Crippen molar-refractivity contribution in [2.45, 2.75) is 33.1 Å². The summed E-state index contributed by atoms with van der Waals surface area (Å²) in [7, 11) is 1.60. The molecule has 0 bridgehead atoms. The Labute approximate surface area is 113 Å². The molecule has 100 valence electrons. The van der Waals surface area contributed by atoms with Gasteiger partial charge in [-0.25, -0.2) is 0 Å². The lowest BCUT2D eigenvalue weighted by molar-refractivity contribution is -0.137. The van der Waals surface area contributed by atoms with Crippen LogP contribution in [0.1, 0.15) is 37.3 Å². The average Bonchev–Trinajstić information content (AvgIpc) is 2.24. The lowest BCUT2D eigenvalue weighted by Crippen LogP contribution is -2.13. The summed E-state index contributed by atoms with van der Waals surface area (Å²) in [6.45, 7) is 5.92. The minimum Gasteiger partial charge on any atom is -0.496 e. The van der Waals surface area contributed by atoms with Gasteiger partial charge in [0.15, 0.2) is 0 Å². The summed E-state index contributed by atoms with van der Waals surface area (Å²) < 4.78 is 5.39. The molecule has 1 aromatic rings. The minimum absolute atomic E-state index is 0.0772. The zero-order valence-electron chi connectivity index (χ0n) is 11.2. The van der Waals surface area contributed by atoms with Crippen LogP contribution < -0.4 is 4.74 Å². The number of methoxy groups -OCH3 is 1. The first kappa shape index (κ1) is 14.8. The molecule has 0 aliphatic heterocycles. The number of hydrogen-bond acceptors (Lipinski definition) is 2. The molecule has 0 aromatic heterocycles. The fourth-order valence-electron chi connectivity index (χ4n) is 2.20. The lowest BCUT2D eigenvalue weighted by atomic mass is 9.84. The molecule has 0 aliphatic carbocycles. The molecule has 0 spiro atoms. The van der Waals surface area contributed by atoms with E-state index in [1.54, 1.807) is 13.2 Å². The zero-order valence-corrected chi connectivity index (χ0v) is 11.9. The predicted molar refractivity (Wildman–Crippen MR) is 72.6 cm³/mol. The van der Waals surface area contributed by atoms with Gasteiger partial charge in [0.05, 0.1) is 13.5 Å². The van der Waals surface area contributed by atoms with Crippen molar-refractivity contribution in [3.63, 3.8) is 0 Å². The van der Waals surface area contributed by atoms with E-state index in [9.17, 15) is 4.79 Å². The minimum atomic E-state index is -0.812. The number of ether oxygens (including phenoxy) is 1. The first-order chi connectivity index (χ1) is 8.36. The quantitative estimate of drug-likeness (QED) is 0.883. The highest BCUT2D eigenvalue weighted by Gasteiger charge is 2.24. The highest BCUT2D eigenvalue weighted by molar-refractivity contribution is 6.30. The van der Waals surface area contributed by atoms with E-state index in [1.807, 2.05) is 26.8 Å². The van der Waals surface area contributed by atoms with E-state index in [4.69, 9.17) is 21.4 Å². The van der Waals surface area contributed by atoms with E-state index in [2.05, 4.69) is 0 Å². The standard InChI is InChI=1S/C14H19ClO3/c1-8(2)11(7-13(16)17)12-6-10(15)5-9(3)14(12)18-4/h5-6,8,11H,7H2,1-4H3,(H,16,17). The second kappa shape index (κ2) is 6.10. The van der Waals surface area contributed by atoms with E-state index in [1.165, 1.54) is 0 Å². The van der Waals surface area contributed by atoms with Crippen LogP contribution in [0, 0.1) is 12.8 Å². The molecule has 1 N–H and O–H groups in total. The molecular formula is C14H19ClO3. The van der Waals surface area contributed by atoms with Crippen molar-refractivity contribution in [1.29, 1.82) is 0 Å². The van der Waals surface area contributed by atoms with Gasteiger partial charge in [0.25, 0.3) is 0 Å². The number of hydrogen-bond donors (Lipinski definition) is 1. The van der Waals surface area contributed by atoms with Gasteiger partial charge in [-0.2, -0.15) is 0 Å². The van der Waals surface area contributed by atoms with Crippen molar-refractivity contribution in [2.75, 3.05) is 7.11 Å². The number of aliphatic carboxylic acids is 1. The Morgan fingerprint density at radius 2 is 2.06 bits per heavy atom. The van der Waals surface area contributed by atoms with Crippen molar-refractivity contribution >= 4 is 17.6 Å². The third-order valence-electron chi connectivity index (χ3n) is 3.07. The lowest BCUT2D eigenvalue weighted by Gasteiger charge is -2.23. The van der Waals surface area contributed by atoms with Gasteiger partial charge in [-0.1, -0.05) is 25.4 Å². The summed E-state index contributed by atoms with van der Waals surface area (Å²) in [5.41, 5.74) is 1.80. The van der Waals surface area contributed by atoms with Crippen molar-refractivity contribution < 1.29 is 14.6 Å². The Kier molecular flexibility index (Phi) is 5.03. The number of halogens is 1. The summed E-state index contributed by atoms with van der Waals surface area (Å²) in [6, 6.07) is 3.63. The molecule has 0 saturated carbocycles. The van der Waals surface area contributed by atoms with E-state index in [0.717, 1.165) is 16.9 Å². The fraction of sp³-hybridized carbons (Fsp3) is 0.500. The van der Waals surface area contributed by atoms with Gasteiger partial charge >= 0.3 is 5.97 Å². The normalized spacial score (nSPS) is 12.6. The van der Waals surface area contributed by atoms with Crippen LogP contribution in [0.4, 0.5) is 0 Å². The fourth-order valence-corrected chi connectivity index (χ4v) is 2.48. The summed E-state index contributed by atoms with van der Waals surface area (Å²) in [5.74, 6) is 0.0236. The Morgan fingerprint density at radius 3 is 2.50 bits per heavy atom. The molecule has 0 aliphatic rings. The van der Waals surface area contributed by atoms with Crippen LogP contribution in [0.25, 0.3) is 0 Å². The smallest absolute Gasteiger partial charge is 0.303 e. The van der Waals surface area contributed by atoms with Crippen molar-refractivity contribution in [3.8, 4) is 5.75 Å². The van der Waals surface area contributed by atoms with Crippen LogP contribution in [0.5, 0.6) is 5.75 Å². The van der Waals surface area contributed by atoms with Crippen molar-refractivity contribution in [3.05, 3.63) is 28.3 Å². The van der Waals surface area contributed by atoms with E-state index < -0.39 is 5.97 Å². The third kappa shape index (κ3) is 3.39. The first-order valence-electron chi connectivity index (χ1n) is 5.92. The number of aryl methyl sites for hydroxylation is 1. The second-order valence-electron chi connectivity index (χ2n) is 4.79. The molecule has 0 saturated heterocycles. The molecule has 18 heavy (non-hydrogen) atoms. The SMILES string of the molecule is COc1c(C)cc(Cl)cc1C(CC(=O)O)C(C)C. The number of carboxylic acid groups (broad SMARTS) is 1. The molecule has 0 amide bonds. The highest BCUT2D eigenvalue weighted by atomic mass is 35.5. The maximum atomic E-state index is 11.0. The third-order valence-corrected chi connectivity index (χ3v) is 3.29. The van der Waals surface area contributed by atoms with Gasteiger partial charge < -0.3 is 9.84 Å². The van der Waals surface area contributed by atoms with Gasteiger partial charge in [0.1, 0.15) is 5.75 Å². The topological polar surface area (TPSA) is 46.5 Å². The molecule has 1 aromatic carbocycles. The Morgan fingerprint density at radius 1 is 1.44 bits per heavy atom. The number of carbonyl (C=O) groups is 1. The predicted octanol–water partition coefficient (Wildman–Crippen LogP) is 3.87. The Bertz CT molecular complexity index is 441. The summed E-state index contributed by atoms with van der Waals surface area (Å²) >= 11 is 6.06. The molecule has 0 radical (unpaired) electrons. The Hall–Kier alpha value is -1.22. The summed E-state index contributed by atoms with van der Waals surface area (Å²) in [5, 5.41) is 9.63. The number of benzene rings is 1. The summed E-state index contributed by atoms with van der Waals surface area (Å²) in [4.78, 5) is 11.0. The Balaban J connectivity index is 3.30. The van der Waals surface area contributed by atoms with Gasteiger partial charge in [0.2, 0.25) is 0 Å². The second-order valence-corrected chi connectivity index (χ2v) is 5.23. The molecule has 3 nitrogen and oxygen atoms in total. The van der Waals surface area contributed by atoms with Crippen LogP contribution in [-0.4, -0.2) is 18.2 Å².